The molecule has 0 rings (SSSR count). The molecule has 0 aromatic rings. The lowest BCUT2D eigenvalue weighted by Crippen LogP contribution is -2.34. The van der Waals surface area contributed by atoms with Gasteiger partial charge < -0.3 is 19.5 Å². The second-order valence-electron chi connectivity index (χ2n) is 15.5. The highest BCUT2D eigenvalue weighted by Gasteiger charge is 2.13. The van der Waals surface area contributed by atoms with Crippen LogP contribution in [0.15, 0.2) is 0 Å². The Kier molecular flexibility index (Phi) is 42.2. The third kappa shape index (κ3) is 38.6. The molecule has 0 spiro atoms. The summed E-state index contributed by atoms with van der Waals surface area (Å²) in [5.41, 5.74) is 0. The minimum atomic E-state index is 0.00202. The van der Waals surface area contributed by atoms with Gasteiger partial charge in [-0.15, -0.1) is 0 Å². The summed E-state index contributed by atoms with van der Waals surface area (Å²) >= 11 is 0. The Morgan fingerprint density at radius 3 is 1.46 bits per heavy atom. The third-order valence-electron chi connectivity index (χ3n) is 10.3. The SMILES string of the molecule is CCCCCCCCCCCCOCC(CNCCCCCC(=O)OCC(CCCCCC)CCCCCCCC)OCCCCCCCC. The zero-order chi connectivity index (χ0) is 36.4. The standard InChI is InChI=1S/C45H91NO4/c1-5-9-13-17-20-21-22-23-25-32-38-48-42-44(49-39-33-26-19-15-11-7-3)40-46-37-31-27-30-36-45(47)50-41-43(34-28-16-12-8-4)35-29-24-18-14-10-6-2/h43-44,46H,5-42H2,1-4H3. The number of carbonyl (C=O) groups excluding carboxylic acids is 1. The topological polar surface area (TPSA) is 56.8 Å². The van der Waals surface area contributed by atoms with Crippen LogP contribution in [-0.4, -0.2) is 51.6 Å². The van der Waals surface area contributed by atoms with Gasteiger partial charge in [-0.2, -0.15) is 0 Å². The van der Waals surface area contributed by atoms with E-state index in [-0.39, 0.29) is 12.1 Å². The summed E-state index contributed by atoms with van der Waals surface area (Å²) in [7, 11) is 0. The van der Waals surface area contributed by atoms with E-state index >= 15 is 0 Å². The molecule has 5 heteroatoms. The maximum absolute atomic E-state index is 12.5. The number of unbranched alkanes of at least 4 members (excludes halogenated alkanes) is 24. The largest absolute Gasteiger partial charge is 0.465 e. The van der Waals surface area contributed by atoms with Gasteiger partial charge in [0.05, 0.1) is 19.3 Å². The Morgan fingerprint density at radius 2 is 0.920 bits per heavy atom. The van der Waals surface area contributed by atoms with Gasteiger partial charge in [0, 0.05) is 26.2 Å². The van der Waals surface area contributed by atoms with E-state index in [0.717, 1.165) is 58.4 Å². The van der Waals surface area contributed by atoms with Crippen LogP contribution in [0, 0.1) is 5.92 Å². The fraction of sp³-hybridized carbons (Fsp3) is 0.978. The first-order valence-corrected chi connectivity index (χ1v) is 22.7. The van der Waals surface area contributed by atoms with Crippen LogP contribution in [0.4, 0.5) is 0 Å². The van der Waals surface area contributed by atoms with Crippen molar-refractivity contribution in [2.45, 2.75) is 239 Å². The molecular formula is C45H91NO4. The van der Waals surface area contributed by atoms with Crippen LogP contribution in [0.2, 0.25) is 0 Å². The van der Waals surface area contributed by atoms with Crippen LogP contribution in [0.1, 0.15) is 233 Å². The summed E-state index contributed by atoms with van der Waals surface area (Å²) in [5, 5.41) is 3.62. The first-order valence-electron chi connectivity index (χ1n) is 22.7. The van der Waals surface area contributed by atoms with Crippen molar-refractivity contribution in [3.63, 3.8) is 0 Å². The van der Waals surface area contributed by atoms with Gasteiger partial charge in [0.2, 0.25) is 0 Å². The van der Waals surface area contributed by atoms with Crippen molar-refractivity contribution in [3.8, 4) is 0 Å². The first kappa shape index (κ1) is 49.4. The molecule has 0 amide bonds. The van der Waals surface area contributed by atoms with Gasteiger partial charge in [0.1, 0.15) is 0 Å². The van der Waals surface area contributed by atoms with E-state index < -0.39 is 0 Å². The molecule has 1 N–H and O–H groups in total. The molecule has 0 aromatic carbocycles. The molecule has 300 valence electrons. The van der Waals surface area contributed by atoms with Crippen LogP contribution < -0.4 is 5.32 Å². The summed E-state index contributed by atoms with van der Waals surface area (Å²) in [6, 6.07) is 0. The van der Waals surface area contributed by atoms with Crippen molar-refractivity contribution in [1.29, 1.82) is 0 Å². The Balaban J connectivity index is 4.18. The molecule has 0 aromatic heterocycles. The zero-order valence-electron chi connectivity index (χ0n) is 34.7. The van der Waals surface area contributed by atoms with Crippen molar-refractivity contribution in [1.82, 2.24) is 5.32 Å². The predicted octanol–water partition coefficient (Wildman–Crippen LogP) is 13.7. The molecule has 50 heavy (non-hydrogen) atoms. The van der Waals surface area contributed by atoms with E-state index in [1.165, 1.54) is 167 Å². The quantitative estimate of drug-likeness (QED) is 0.0504. The molecule has 2 unspecified atom stereocenters. The van der Waals surface area contributed by atoms with Crippen molar-refractivity contribution >= 4 is 5.97 Å². The Labute approximate surface area is 314 Å². The fourth-order valence-corrected chi connectivity index (χ4v) is 6.83. The van der Waals surface area contributed by atoms with Gasteiger partial charge in [-0.1, -0.05) is 188 Å². The van der Waals surface area contributed by atoms with Gasteiger partial charge in [-0.25, -0.2) is 0 Å². The molecule has 0 aliphatic carbocycles. The van der Waals surface area contributed by atoms with E-state index in [4.69, 9.17) is 14.2 Å². The van der Waals surface area contributed by atoms with Crippen LogP contribution in [0.25, 0.3) is 0 Å². The molecule has 0 saturated heterocycles. The summed E-state index contributed by atoms with van der Waals surface area (Å²) in [4.78, 5) is 12.5. The average molecular weight is 710 g/mol. The average Bonchev–Trinajstić information content (AvgIpc) is 3.12. The highest BCUT2D eigenvalue weighted by molar-refractivity contribution is 5.69. The smallest absolute Gasteiger partial charge is 0.305 e. The van der Waals surface area contributed by atoms with E-state index in [0.29, 0.717) is 25.6 Å². The van der Waals surface area contributed by atoms with Crippen molar-refractivity contribution in [3.05, 3.63) is 0 Å². The minimum absolute atomic E-state index is 0.00202. The lowest BCUT2D eigenvalue weighted by molar-refractivity contribution is -0.145. The van der Waals surface area contributed by atoms with E-state index in [1.54, 1.807) is 0 Å². The summed E-state index contributed by atoms with van der Waals surface area (Å²) < 4.78 is 18.2. The molecule has 0 fully saturated rings. The molecule has 0 heterocycles. The van der Waals surface area contributed by atoms with E-state index in [2.05, 4.69) is 33.0 Å². The summed E-state index contributed by atoms with van der Waals surface area (Å²) in [6.45, 7) is 13.9. The van der Waals surface area contributed by atoms with Gasteiger partial charge >= 0.3 is 5.97 Å². The molecule has 0 aliphatic rings. The molecule has 2 atom stereocenters. The molecule has 0 bridgehead atoms. The van der Waals surface area contributed by atoms with E-state index in [9.17, 15) is 4.79 Å². The number of ether oxygens (including phenoxy) is 3. The Bertz CT molecular complexity index is 645. The molecular weight excluding hydrogens is 618 g/mol. The van der Waals surface area contributed by atoms with Gasteiger partial charge in [0.15, 0.2) is 0 Å². The van der Waals surface area contributed by atoms with Crippen molar-refractivity contribution in [2.24, 2.45) is 5.92 Å². The first-order chi connectivity index (χ1) is 24.7. The maximum Gasteiger partial charge on any atom is 0.305 e. The highest BCUT2D eigenvalue weighted by atomic mass is 16.5. The highest BCUT2D eigenvalue weighted by Crippen LogP contribution is 2.20. The van der Waals surface area contributed by atoms with E-state index in [1.807, 2.05) is 0 Å². The zero-order valence-corrected chi connectivity index (χ0v) is 34.7. The Hall–Kier alpha value is -0.650. The number of rotatable bonds is 43. The normalized spacial score (nSPS) is 12.8. The van der Waals surface area contributed by atoms with Crippen LogP contribution >= 0.6 is 0 Å². The number of carbonyl (C=O) groups is 1. The number of esters is 1. The monoisotopic (exact) mass is 710 g/mol. The molecule has 5 nitrogen and oxygen atoms in total. The predicted molar refractivity (Wildman–Crippen MR) is 218 cm³/mol. The van der Waals surface area contributed by atoms with Crippen LogP contribution in [0.5, 0.6) is 0 Å². The number of hydrogen-bond donors (Lipinski definition) is 1. The fourth-order valence-electron chi connectivity index (χ4n) is 6.83. The maximum atomic E-state index is 12.5. The van der Waals surface area contributed by atoms with Crippen molar-refractivity contribution in [2.75, 3.05) is 39.5 Å². The van der Waals surface area contributed by atoms with Crippen molar-refractivity contribution < 1.29 is 19.0 Å². The second kappa shape index (κ2) is 42.8. The van der Waals surface area contributed by atoms with Crippen LogP contribution in [-0.2, 0) is 19.0 Å². The minimum Gasteiger partial charge on any atom is -0.465 e. The number of nitrogens with one attached hydrogen (secondary N) is 1. The lowest BCUT2D eigenvalue weighted by atomic mass is 9.95. The molecule has 0 radical (unpaired) electrons. The molecule has 0 aliphatic heterocycles. The lowest BCUT2D eigenvalue weighted by Gasteiger charge is -2.19. The number of hydrogen-bond acceptors (Lipinski definition) is 5. The summed E-state index contributed by atoms with van der Waals surface area (Å²) in [6.07, 6.45) is 40.5. The summed E-state index contributed by atoms with van der Waals surface area (Å²) in [5.74, 6) is 0.545. The third-order valence-corrected chi connectivity index (χ3v) is 10.3. The van der Waals surface area contributed by atoms with Gasteiger partial charge in [-0.3, -0.25) is 4.79 Å². The second-order valence-corrected chi connectivity index (χ2v) is 15.5. The Morgan fingerprint density at radius 1 is 0.480 bits per heavy atom. The van der Waals surface area contributed by atoms with Gasteiger partial charge in [-0.05, 0) is 51.0 Å². The van der Waals surface area contributed by atoms with Gasteiger partial charge in [0.25, 0.3) is 0 Å². The molecule has 0 saturated carbocycles. The van der Waals surface area contributed by atoms with Crippen LogP contribution in [0.3, 0.4) is 0 Å².